The lowest BCUT2D eigenvalue weighted by atomic mass is 10.0. The van der Waals surface area contributed by atoms with Crippen molar-refractivity contribution >= 4 is 45.4 Å². The number of halogens is 6. The molecule has 0 unspecified atom stereocenters. The molecule has 1 aliphatic rings. The molecule has 190 valence electrons. The zero-order chi connectivity index (χ0) is 25.9. The van der Waals surface area contributed by atoms with E-state index in [2.05, 4.69) is 31.2 Å². The fourth-order valence-electron chi connectivity index (χ4n) is 3.65. The third-order valence-corrected chi connectivity index (χ3v) is 6.41. The van der Waals surface area contributed by atoms with Crippen LogP contribution in [-0.2, 0) is 10.9 Å². The lowest BCUT2D eigenvalue weighted by Crippen LogP contribution is -2.37. The van der Waals surface area contributed by atoms with Gasteiger partial charge in [0.2, 0.25) is 5.95 Å². The molecule has 0 bridgehead atoms. The number of morpholine rings is 1. The Morgan fingerprint density at radius 3 is 2.69 bits per heavy atom. The van der Waals surface area contributed by atoms with E-state index < -0.39 is 17.6 Å². The van der Waals surface area contributed by atoms with Crippen LogP contribution >= 0.6 is 27.5 Å². The molecule has 3 aromatic rings. The van der Waals surface area contributed by atoms with Crippen LogP contribution in [0.25, 0.3) is 17.2 Å². The predicted molar refractivity (Wildman–Crippen MR) is 134 cm³/mol. The predicted octanol–water partition coefficient (Wildman–Crippen LogP) is 6.38. The minimum atomic E-state index is -4.51. The Morgan fingerprint density at radius 2 is 1.97 bits per heavy atom. The van der Waals surface area contributed by atoms with Gasteiger partial charge in [0, 0.05) is 35.2 Å². The summed E-state index contributed by atoms with van der Waals surface area (Å²) in [6, 6.07) is 6.24. The summed E-state index contributed by atoms with van der Waals surface area (Å²) in [5.74, 6) is -0.386. The highest BCUT2D eigenvalue weighted by atomic mass is 79.9. The minimum absolute atomic E-state index is 0.0895. The summed E-state index contributed by atoms with van der Waals surface area (Å²) >= 11 is 9.69. The number of benzene rings is 2. The number of aromatic nitrogens is 2. The number of alkyl halides is 3. The topological polar surface area (TPSA) is 70.5 Å². The smallest absolute Gasteiger partial charge is 0.416 e. The van der Waals surface area contributed by atoms with Crippen molar-refractivity contribution in [1.29, 1.82) is 0 Å². The first-order valence-corrected chi connectivity index (χ1v) is 12.0. The van der Waals surface area contributed by atoms with Crippen LogP contribution in [0.5, 0.6) is 5.75 Å². The molecule has 2 aromatic carbocycles. The van der Waals surface area contributed by atoms with Crippen LogP contribution in [0.1, 0.15) is 11.1 Å². The van der Waals surface area contributed by atoms with Gasteiger partial charge < -0.3 is 20.1 Å². The summed E-state index contributed by atoms with van der Waals surface area (Å²) in [6.45, 7) is 2.28. The lowest BCUT2D eigenvalue weighted by molar-refractivity contribution is -0.137. The van der Waals surface area contributed by atoms with E-state index >= 15 is 0 Å². The average Bonchev–Trinajstić information content (AvgIpc) is 2.86. The maximum Gasteiger partial charge on any atom is 0.416 e. The largest absolute Gasteiger partial charge is 0.506 e. The Morgan fingerprint density at radius 1 is 1.22 bits per heavy atom. The maximum atomic E-state index is 14.2. The monoisotopic (exact) mass is 586 g/mol. The fourth-order valence-corrected chi connectivity index (χ4v) is 4.75. The molecule has 1 fully saturated rings. The summed E-state index contributed by atoms with van der Waals surface area (Å²) < 4.78 is 59.2. The van der Waals surface area contributed by atoms with Gasteiger partial charge in [0.1, 0.15) is 5.75 Å². The SMILES string of the molecule is Oc1c(/C=C/CNc2ncc(F)c(N3CCOCC3)n2)cc(Br)c(-c2cccc(C(F)(F)F)c2)c1Cl. The zero-order valence-electron chi connectivity index (χ0n) is 18.6. The van der Waals surface area contributed by atoms with Gasteiger partial charge in [0.15, 0.2) is 11.6 Å². The number of nitrogens with one attached hydrogen (secondary N) is 1. The number of hydrogen-bond donors (Lipinski definition) is 2. The maximum absolute atomic E-state index is 14.2. The Labute approximate surface area is 217 Å². The first-order valence-electron chi connectivity index (χ1n) is 10.8. The van der Waals surface area contributed by atoms with Crippen LogP contribution in [0.3, 0.4) is 0 Å². The van der Waals surface area contributed by atoms with Gasteiger partial charge in [-0.1, -0.05) is 51.8 Å². The molecule has 0 amide bonds. The van der Waals surface area contributed by atoms with Gasteiger partial charge in [-0.2, -0.15) is 18.2 Å². The van der Waals surface area contributed by atoms with Crippen molar-refractivity contribution in [3.8, 4) is 16.9 Å². The molecular weight excluding hydrogens is 568 g/mol. The van der Waals surface area contributed by atoms with Gasteiger partial charge in [0.05, 0.1) is 30.0 Å². The van der Waals surface area contributed by atoms with E-state index in [-0.39, 0.29) is 40.2 Å². The second-order valence-corrected chi connectivity index (χ2v) is 9.04. The molecule has 12 heteroatoms. The molecule has 4 rings (SSSR count). The Balaban J connectivity index is 1.49. The molecule has 2 N–H and O–H groups in total. The number of anilines is 2. The summed E-state index contributed by atoms with van der Waals surface area (Å²) in [6.07, 6.45) is -0.160. The number of nitrogens with zero attached hydrogens (tertiary/aromatic N) is 3. The summed E-state index contributed by atoms with van der Waals surface area (Å²) in [4.78, 5) is 9.97. The zero-order valence-corrected chi connectivity index (χ0v) is 21.0. The lowest BCUT2D eigenvalue weighted by Gasteiger charge is -2.28. The number of hydrogen-bond acceptors (Lipinski definition) is 6. The van der Waals surface area contributed by atoms with Crippen molar-refractivity contribution in [3.05, 3.63) is 69.0 Å². The molecular formula is C24H20BrClF4N4O2. The molecule has 0 radical (unpaired) electrons. The van der Waals surface area contributed by atoms with E-state index in [0.717, 1.165) is 18.3 Å². The highest BCUT2D eigenvalue weighted by Crippen LogP contribution is 2.44. The molecule has 36 heavy (non-hydrogen) atoms. The fraction of sp³-hybridized carbons (Fsp3) is 0.250. The van der Waals surface area contributed by atoms with E-state index in [1.54, 1.807) is 23.1 Å². The van der Waals surface area contributed by atoms with Crippen molar-refractivity contribution < 1.29 is 27.4 Å². The molecule has 0 aliphatic carbocycles. The van der Waals surface area contributed by atoms with Crippen molar-refractivity contribution in [2.45, 2.75) is 6.18 Å². The van der Waals surface area contributed by atoms with E-state index in [9.17, 15) is 22.7 Å². The molecule has 1 aromatic heterocycles. The normalized spacial score (nSPS) is 14.4. The average molecular weight is 588 g/mol. The second kappa shape index (κ2) is 11.0. The highest BCUT2D eigenvalue weighted by molar-refractivity contribution is 9.10. The van der Waals surface area contributed by atoms with Crippen LogP contribution in [-0.4, -0.2) is 47.9 Å². The number of ether oxygens (including phenoxy) is 1. The standard InChI is InChI=1S/C24H20BrClF4N4O2/c25-17-12-15(21(35)20(26)19(17)14-3-1-5-16(11-14)24(28,29)30)4-2-6-31-23-32-13-18(27)22(33-23)34-7-9-36-10-8-34/h1-5,11-13,35H,6-10H2,(H,31,32,33)/b4-2+. The van der Waals surface area contributed by atoms with Crippen LogP contribution in [0, 0.1) is 5.82 Å². The molecule has 0 spiro atoms. The van der Waals surface area contributed by atoms with Crippen molar-refractivity contribution in [3.63, 3.8) is 0 Å². The minimum Gasteiger partial charge on any atom is -0.506 e. The summed E-state index contributed by atoms with van der Waals surface area (Å²) in [7, 11) is 0. The second-order valence-electron chi connectivity index (χ2n) is 7.81. The van der Waals surface area contributed by atoms with E-state index in [1.807, 2.05) is 0 Å². The van der Waals surface area contributed by atoms with E-state index in [0.29, 0.717) is 36.3 Å². The highest BCUT2D eigenvalue weighted by Gasteiger charge is 2.31. The Kier molecular flexibility index (Phi) is 8.01. The first kappa shape index (κ1) is 26.2. The van der Waals surface area contributed by atoms with Gasteiger partial charge in [0.25, 0.3) is 0 Å². The third kappa shape index (κ3) is 5.91. The van der Waals surface area contributed by atoms with Gasteiger partial charge in [-0.15, -0.1) is 0 Å². The summed E-state index contributed by atoms with van der Waals surface area (Å²) in [5, 5.41) is 13.5. The molecule has 1 aliphatic heterocycles. The third-order valence-electron chi connectivity index (χ3n) is 5.41. The molecule has 0 atom stereocenters. The number of rotatable bonds is 6. The Bertz CT molecular complexity index is 1280. The Hall–Kier alpha value is -2.89. The molecule has 1 saturated heterocycles. The van der Waals surface area contributed by atoms with Gasteiger partial charge >= 0.3 is 6.18 Å². The molecule has 6 nitrogen and oxygen atoms in total. The van der Waals surface area contributed by atoms with Crippen molar-refractivity contribution in [2.75, 3.05) is 43.1 Å². The van der Waals surface area contributed by atoms with Crippen LogP contribution in [0.15, 0.2) is 47.1 Å². The van der Waals surface area contributed by atoms with Crippen LogP contribution in [0.2, 0.25) is 5.02 Å². The van der Waals surface area contributed by atoms with Gasteiger partial charge in [-0.05, 0) is 23.8 Å². The van der Waals surface area contributed by atoms with Crippen molar-refractivity contribution in [2.24, 2.45) is 0 Å². The number of phenolic OH excluding ortho intramolecular Hbond substituents is 1. The number of aromatic hydroxyl groups is 1. The van der Waals surface area contributed by atoms with Crippen LogP contribution < -0.4 is 10.2 Å². The van der Waals surface area contributed by atoms with Crippen LogP contribution in [0.4, 0.5) is 29.3 Å². The quantitative estimate of drug-likeness (QED) is 0.326. The van der Waals surface area contributed by atoms with Gasteiger partial charge in [-0.3, -0.25) is 0 Å². The summed E-state index contributed by atoms with van der Waals surface area (Å²) in [5.41, 5.74) is -0.0275. The van der Waals surface area contributed by atoms with Crippen molar-refractivity contribution in [1.82, 2.24) is 9.97 Å². The molecule has 2 heterocycles. The number of phenols is 1. The molecule has 0 saturated carbocycles. The van der Waals surface area contributed by atoms with E-state index in [1.165, 1.54) is 12.1 Å². The first-order chi connectivity index (χ1) is 17.1. The van der Waals surface area contributed by atoms with Gasteiger partial charge in [-0.25, -0.2) is 9.37 Å². The van der Waals surface area contributed by atoms with E-state index in [4.69, 9.17) is 16.3 Å².